The van der Waals surface area contributed by atoms with E-state index in [-0.39, 0.29) is 6.61 Å². The highest BCUT2D eigenvalue weighted by atomic mass is 16.3. The molecule has 0 bridgehead atoms. The summed E-state index contributed by atoms with van der Waals surface area (Å²) in [6.45, 7) is 4.16. The first kappa shape index (κ1) is 12.4. The summed E-state index contributed by atoms with van der Waals surface area (Å²) in [5, 5.41) is 9.33. The molecule has 0 radical (unpaired) electrons. The largest absolute Gasteiger partial charge is 0.396 e. The Labute approximate surface area is 113 Å². The Morgan fingerprint density at radius 1 is 1.26 bits per heavy atom. The maximum atomic E-state index is 9.33. The van der Waals surface area contributed by atoms with Crippen LogP contribution in [0.3, 0.4) is 0 Å². The lowest BCUT2D eigenvalue weighted by Crippen LogP contribution is -2.37. The van der Waals surface area contributed by atoms with Crippen LogP contribution in [0.1, 0.15) is 18.5 Å². The van der Waals surface area contributed by atoms with Crippen molar-refractivity contribution in [2.24, 2.45) is 5.92 Å². The average Bonchev–Trinajstić information content (AvgIpc) is 2.46. The fraction of sp³-hybridized carbons (Fsp3) is 0.467. The minimum atomic E-state index is 0.260. The highest BCUT2D eigenvalue weighted by Gasteiger charge is 2.22. The van der Waals surface area contributed by atoms with Crippen molar-refractivity contribution in [3.63, 3.8) is 0 Å². The summed E-state index contributed by atoms with van der Waals surface area (Å²) in [5.41, 5.74) is 2.85. The van der Waals surface area contributed by atoms with Crippen LogP contribution in [0.5, 0.6) is 0 Å². The smallest absolute Gasteiger partial charge is 0.150 e. The Morgan fingerprint density at radius 3 is 2.74 bits per heavy atom. The van der Waals surface area contributed by atoms with E-state index >= 15 is 0 Å². The van der Waals surface area contributed by atoms with Gasteiger partial charge in [0.1, 0.15) is 0 Å². The van der Waals surface area contributed by atoms with Crippen molar-refractivity contribution in [3.05, 3.63) is 30.0 Å². The lowest BCUT2D eigenvalue weighted by Gasteiger charge is -2.33. The Bertz CT molecular complexity index is 585. The van der Waals surface area contributed by atoms with Gasteiger partial charge in [0, 0.05) is 19.7 Å². The summed E-state index contributed by atoms with van der Waals surface area (Å²) in [6, 6.07) is 7.96. The number of hydrogen-bond acceptors (Lipinski definition) is 4. The van der Waals surface area contributed by atoms with Crippen molar-refractivity contribution in [1.82, 2.24) is 9.97 Å². The average molecular weight is 257 g/mol. The molecule has 0 saturated carbocycles. The molecule has 0 amide bonds. The third-order valence-corrected chi connectivity index (χ3v) is 3.80. The van der Waals surface area contributed by atoms with E-state index in [9.17, 15) is 5.11 Å². The molecule has 19 heavy (non-hydrogen) atoms. The molecule has 4 heteroatoms. The van der Waals surface area contributed by atoms with Gasteiger partial charge in [-0.05, 0) is 37.8 Å². The Kier molecular flexibility index (Phi) is 3.34. The summed E-state index contributed by atoms with van der Waals surface area (Å²) < 4.78 is 0. The van der Waals surface area contributed by atoms with Crippen molar-refractivity contribution in [3.8, 4) is 0 Å². The van der Waals surface area contributed by atoms with Crippen LogP contribution in [-0.4, -0.2) is 34.8 Å². The topological polar surface area (TPSA) is 49.2 Å². The normalized spacial score (nSPS) is 19.9. The van der Waals surface area contributed by atoms with Crippen LogP contribution in [0.4, 0.5) is 5.82 Å². The van der Waals surface area contributed by atoms with Crippen LogP contribution in [0.2, 0.25) is 0 Å². The number of aryl methyl sites for hydroxylation is 1. The Hall–Kier alpha value is -1.68. The Morgan fingerprint density at radius 2 is 2.00 bits per heavy atom. The zero-order valence-corrected chi connectivity index (χ0v) is 11.2. The van der Waals surface area contributed by atoms with E-state index < -0.39 is 0 Å². The summed E-state index contributed by atoms with van der Waals surface area (Å²) in [7, 11) is 0. The second kappa shape index (κ2) is 5.13. The zero-order chi connectivity index (χ0) is 13.2. The van der Waals surface area contributed by atoms with Gasteiger partial charge >= 0.3 is 0 Å². The molecule has 1 aliphatic rings. The highest BCUT2D eigenvalue weighted by molar-refractivity contribution is 5.76. The molecule has 100 valence electrons. The molecule has 1 saturated heterocycles. The molecular formula is C15H19N3O. The molecule has 4 nitrogen and oxygen atoms in total. The first-order valence-electron chi connectivity index (χ1n) is 6.87. The minimum Gasteiger partial charge on any atom is -0.396 e. The summed E-state index contributed by atoms with van der Waals surface area (Å²) in [5.74, 6) is 1.33. The molecule has 3 rings (SSSR count). The van der Waals surface area contributed by atoms with E-state index in [1.54, 1.807) is 0 Å². The number of benzene rings is 1. The SMILES string of the molecule is Cc1nc2ccccc2nc1N1CCC[C@@H](CO)C1. The first-order valence-corrected chi connectivity index (χ1v) is 6.87. The molecule has 1 N–H and O–H groups in total. The molecular weight excluding hydrogens is 238 g/mol. The molecule has 1 atom stereocenters. The quantitative estimate of drug-likeness (QED) is 0.895. The van der Waals surface area contributed by atoms with Crippen molar-refractivity contribution < 1.29 is 5.11 Å². The lowest BCUT2D eigenvalue weighted by atomic mass is 9.99. The summed E-state index contributed by atoms with van der Waals surface area (Å²) >= 11 is 0. The Balaban J connectivity index is 1.97. The van der Waals surface area contributed by atoms with Crippen LogP contribution in [-0.2, 0) is 0 Å². The number of aliphatic hydroxyl groups is 1. The monoisotopic (exact) mass is 257 g/mol. The van der Waals surface area contributed by atoms with E-state index in [1.165, 1.54) is 0 Å². The predicted molar refractivity (Wildman–Crippen MR) is 76.3 cm³/mol. The fourth-order valence-electron chi connectivity index (χ4n) is 2.78. The van der Waals surface area contributed by atoms with Gasteiger partial charge in [-0.2, -0.15) is 0 Å². The van der Waals surface area contributed by atoms with Crippen LogP contribution < -0.4 is 4.90 Å². The summed E-state index contributed by atoms with van der Waals surface area (Å²) in [6.07, 6.45) is 2.21. The first-order chi connectivity index (χ1) is 9.28. The van der Waals surface area contributed by atoms with Gasteiger partial charge in [-0.25, -0.2) is 9.97 Å². The number of fused-ring (bicyclic) bond motifs is 1. The molecule has 1 fully saturated rings. The molecule has 1 aliphatic heterocycles. The number of nitrogens with zero attached hydrogens (tertiary/aromatic N) is 3. The summed E-state index contributed by atoms with van der Waals surface area (Å²) in [4.78, 5) is 11.6. The number of hydrogen-bond donors (Lipinski definition) is 1. The van der Waals surface area contributed by atoms with Crippen molar-refractivity contribution in [2.75, 3.05) is 24.6 Å². The standard InChI is InChI=1S/C15H19N3O/c1-11-15(18-8-4-5-12(9-18)10-19)17-14-7-3-2-6-13(14)16-11/h2-3,6-7,12,19H,4-5,8-10H2,1H3/t12-/m1/s1. The van der Waals surface area contributed by atoms with Gasteiger partial charge < -0.3 is 10.0 Å². The number of rotatable bonds is 2. The van der Waals surface area contributed by atoms with E-state index in [1.807, 2.05) is 31.2 Å². The second-order valence-corrected chi connectivity index (χ2v) is 5.26. The fourth-order valence-corrected chi connectivity index (χ4v) is 2.78. The number of piperidine rings is 1. The van der Waals surface area contributed by atoms with Crippen LogP contribution in [0, 0.1) is 12.8 Å². The van der Waals surface area contributed by atoms with Crippen LogP contribution in [0.15, 0.2) is 24.3 Å². The number of aliphatic hydroxyl groups excluding tert-OH is 1. The molecule has 0 aliphatic carbocycles. The van der Waals surface area contributed by atoms with E-state index in [2.05, 4.69) is 9.88 Å². The van der Waals surface area contributed by atoms with Gasteiger partial charge in [0.2, 0.25) is 0 Å². The van der Waals surface area contributed by atoms with Gasteiger partial charge in [0.25, 0.3) is 0 Å². The van der Waals surface area contributed by atoms with E-state index in [0.717, 1.165) is 48.5 Å². The molecule has 0 unspecified atom stereocenters. The van der Waals surface area contributed by atoms with Gasteiger partial charge in [-0.15, -0.1) is 0 Å². The zero-order valence-electron chi connectivity index (χ0n) is 11.2. The molecule has 2 aromatic rings. The van der Waals surface area contributed by atoms with Gasteiger partial charge in [-0.3, -0.25) is 0 Å². The second-order valence-electron chi connectivity index (χ2n) is 5.26. The maximum Gasteiger partial charge on any atom is 0.150 e. The van der Waals surface area contributed by atoms with Gasteiger partial charge in [0.15, 0.2) is 5.82 Å². The van der Waals surface area contributed by atoms with Crippen molar-refractivity contribution >= 4 is 16.9 Å². The predicted octanol–water partition coefficient (Wildman–Crippen LogP) is 2.15. The molecule has 1 aromatic carbocycles. The van der Waals surface area contributed by atoms with Crippen molar-refractivity contribution in [1.29, 1.82) is 0 Å². The third-order valence-electron chi connectivity index (χ3n) is 3.80. The van der Waals surface area contributed by atoms with Gasteiger partial charge in [-0.1, -0.05) is 12.1 Å². The minimum absolute atomic E-state index is 0.260. The number of para-hydroxylation sites is 2. The molecule has 2 heterocycles. The van der Waals surface area contributed by atoms with Crippen LogP contribution in [0.25, 0.3) is 11.0 Å². The van der Waals surface area contributed by atoms with Gasteiger partial charge in [0.05, 0.1) is 16.7 Å². The van der Waals surface area contributed by atoms with E-state index in [0.29, 0.717) is 5.92 Å². The maximum absolute atomic E-state index is 9.33. The molecule has 0 spiro atoms. The number of aromatic nitrogens is 2. The lowest BCUT2D eigenvalue weighted by molar-refractivity contribution is 0.208. The highest BCUT2D eigenvalue weighted by Crippen LogP contribution is 2.25. The van der Waals surface area contributed by atoms with E-state index in [4.69, 9.17) is 4.98 Å². The number of anilines is 1. The van der Waals surface area contributed by atoms with Crippen LogP contribution >= 0.6 is 0 Å². The third kappa shape index (κ3) is 2.40. The molecule has 1 aromatic heterocycles. The van der Waals surface area contributed by atoms with Crippen molar-refractivity contribution in [2.45, 2.75) is 19.8 Å².